The van der Waals surface area contributed by atoms with Crippen molar-refractivity contribution in [3.8, 4) is 90.6 Å². The molecule has 438 valence electrons. The highest BCUT2D eigenvalue weighted by Gasteiger charge is 2.19. The molecule has 0 unspecified atom stereocenters. The SMILES string of the molecule is c1ccc(-c2nc(-c3ccccc3)nc(-c3ccc4c(c3)sc3ccc(-c5cc6ccccc6c6ccccc56)cc34)n2)cc1.c1ccc(-c2nc(-c3ccccc3)nc(-c3ccc4c(c3)sc3ccc(-c5ccc6c7ccccc7c7ccccc7c6c5)cc34)n2)cc1. The summed E-state index contributed by atoms with van der Waals surface area (Å²) in [6.45, 7) is 0. The van der Waals surface area contributed by atoms with Crippen LogP contribution in [0.3, 0.4) is 0 Å². The molecular formula is C86H52N6S2. The summed E-state index contributed by atoms with van der Waals surface area (Å²) < 4.78 is 4.95. The van der Waals surface area contributed by atoms with Crippen molar-refractivity contribution in [1.29, 1.82) is 0 Å². The third-order valence-electron chi connectivity index (χ3n) is 18.0. The number of thiophene rings is 2. The quantitative estimate of drug-likeness (QED) is 0.141. The van der Waals surface area contributed by atoms with Gasteiger partial charge in [0.05, 0.1) is 0 Å². The second-order valence-corrected chi connectivity index (χ2v) is 25.8. The third-order valence-corrected chi connectivity index (χ3v) is 20.3. The van der Waals surface area contributed by atoms with Gasteiger partial charge in [0.2, 0.25) is 0 Å². The largest absolute Gasteiger partial charge is 0.208 e. The molecule has 0 bridgehead atoms. The highest BCUT2D eigenvalue weighted by Crippen LogP contribution is 2.44. The standard InChI is InChI=1S/C45H27N3S.C41H25N3S/c1-3-11-28(12-4-1)43-46-44(29-13-5-2-6-14-29)48-45(47-43)32-20-23-38-40-26-31(21-24-41(40)49-42(38)27-32)30-19-22-37-35-17-8-7-15-33(35)34-16-9-10-18-36(34)39(37)25-30;1-3-11-26(12-4-1)39-42-40(27-13-5-2-6-14-27)44-41(43-39)30-19-21-34-36-24-29(20-22-37(36)45-38(34)25-30)35-23-28-15-7-8-16-31(28)32-17-9-10-18-33(32)35/h1-27H;1-25H. The summed E-state index contributed by atoms with van der Waals surface area (Å²) in [5, 5.41) is 17.9. The Morgan fingerprint density at radius 3 is 0.904 bits per heavy atom. The first-order valence-corrected chi connectivity index (χ1v) is 33.1. The van der Waals surface area contributed by atoms with E-state index in [1.54, 1.807) is 0 Å². The molecule has 0 saturated carbocycles. The minimum absolute atomic E-state index is 0.668. The summed E-state index contributed by atoms with van der Waals surface area (Å²) in [5.74, 6) is 4.02. The molecule has 0 aliphatic heterocycles. The fourth-order valence-electron chi connectivity index (χ4n) is 13.4. The fraction of sp³-hybridized carbons (Fsp3) is 0. The Morgan fingerprint density at radius 1 is 0.160 bits per heavy atom. The lowest BCUT2D eigenvalue weighted by atomic mass is 9.92. The van der Waals surface area contributed by atoms with Gasteiger partial charge in [-0.3, -0.25) is 0 Å². The zero-order chi connectivity index (χ0) is 62.1. The molecule has 0 aliphatic carbocycles. The lowest BCUT2D eigenvalue weighted by Crippen LogP contribution is -1.99. The first-order chi connectivity index (χ1) is 46.5. The number of aromatic nitrogens is 6. The lowest BCUT2D eigenvalue weighted by molar-refractivity contribution is 1.07. The van der Waals surface area contributed by atoms with E-state index in [1.807, 2.05) is 144 Å². The van der Waals surface area contributed by atoms with Crippen LogP contribution in [0.5, 0.6) is 0 Å². The van der Waals surface area contributed by atoms with E-state index in [4.69, 9.17) is 29.9 Å². The van der Waals surface area contributed by atoms with Gasteiger partial charge in [-0.05, 0) is 125 Å². The average molecular weight is 1230 g/mol. The Kier molecular flexibility index (Phi) is 13.5. The van der Waals surface area contributed by atoms with Crippen molar-refractivity contribution >= 4 is 117 Å². The van der Waals surface area contributed by atoms with Gasteiger partial charge in [0, 0.05) is 73.7 Å². The van der Waals surface area contributed by atoms with Gasteiger partial charge in [0.25, 0.3) is 0 Å². The van der Waals surface area contributed by atoms with Crippen LogP contribution in [0.15, 0.2) is 315 Å². The van der Waals surface area contributed by atoms with Gasteiger partial charge in [0.15, 0.2) is 34.9 Å². The molecule has 0 aliphatic rings. The molecule has 19 rings (SSSR count). The number of nitrogens with zero attached hydrogens (tertiary/aromatic N) is 6. The normalized spacial score (nSPS) is 11.6. The highest BCUT2D eigenvalue weighted by molar-refractivity contribution is 7.26. The zero-order valence-corrected chi connectivity index (χ0v) is 52.2. The minimum Gasteiger partial charge on any atom is -0.208 e. The summed E-state index contributed by atoms with van der Waals surface area (Å²) >= 11 is 3.62. The van der Waals surface area contributed by atoms with Crippen molar-refractivity contribution < 1.29 is 0 Å². The summed E-state index contributed by atoms with van der Waals surface area (Å²) in [5.41, 5.74) is 10.7. The molecule has 4 heterocycles. The number of benzene rings is 15. The molecule has 4 aromatic heterocycles. The number of hydrogen-bond donors (Lipinski definition) is 0. The molecule has 0 fully saturated rings. The second-order valence-electron chi connectivity index (χ2n) is 23.7. The maximum Gasteiger partial charge on any atom is 0.164 e. The molecule has 0 N–H and O–H groups in total. The summed E-state index contributed by atoms with van der Waals surface area (Å²) in [6, 6.07) is 112. The maximum absolute atomic E-state index is 4.96. The van der Waals surface area contributed by atoms with Crippen LogP contribution in [-0.4, -0.2) is 29.9 Å². The van der Waals surface area contributed by atoms with Crippen LogP contribution in [0.4, 0.5) is 0 Å². The van der Waals surface area contributed by atoms with E-state index >= 15 is 0 Å². The number of rotatable bonds is 8. The Bertz CT molecular complexity index is 6020. The van der Waals surface area contributed by atoms with E-state index < -0.39 is 0 Å². The molecule has 0 saturated heterocycles. The van der Waals surface area contributed by atoms with Crippen LogP contribution in [0.2, 0.25) is 0 Å². The van der Waals surface area contributed by atoms with E-state index in [9.17, 15) is 0 Å². The number of fused-ring (bicyclic) bond motifs is 15. The molecule has 0 amide bonds. The minimum atomic E-state index is 0.668. The lowest BCUT2D eigenvalue weighted by Gasteiger charge is -2.12. The molecular weight excluding hydrogens is 1180 g/mol. The summed E-state index contributed by atoms with van der Waals surface area (Å²) in [6.07, 6.45) is 0. The van der Waals surface area contributed by atoms with Gasteiger partial charge < -0.3 is 0 Å². The van der Waals surface area contributed by atoms with Gasteiger partial charge in [0.1, 0.15) is 0 Å². The van der Waals surface area contributed by atoms with Crippen molar-refractivity contribution in [2.75, 3.05) is 0 Å². The van der Waals surface area contributed by atoms with Crippen LogP contribution in [0.25, 0.3) is 185 Å². The van der Waals surface area contributed by atoms with Crippen LogP contribution in [0, 0.1) is 0 Å². The first kappa shape index (κ1) is 54.9. The second kappa shape index (κ2) is 23.1. The molecule has 15 aromatic carbocycles. The molecule has 94 heavy (non-hydrogen) atoms. The maximum atomic E-state index is 4.96. The Hall–Kier alpha value is -11.9. The van der Waals surface area contributed by atoms with Gasteiger partial charge in [-0.15, -0.1) is 22.7 Å². The first-order valence-electron chi connectivity index (χ1n) is 31.5. The van der Waals surface area contributed by atoms with Gasteiger partial charge in [-0.2, -0.15) is 0 Å². The molecule has 8 heteroatoms. The molecule has 0 atom stereocenters. The van der Waals surface area contributed by atoms with Crippen molar-refractivity contribution in [3.05, 3.63) is 315 Å². The van der Waals surface area contributed by atoms with Gasteiger partial charge in [-0.1, -0.05) is 267 Å². The zero-order valence-electron chi connectivity index (χ0n) is 50.5. The van der Waals surface area contributed by atoms with E-state index in [1.165, 1.54) is 116 Å². The third kappa shape index (κ3) is 9.88. The van der Waals surface area contributed by atoms with Crippen LogP contribution >= 0.6 is 22.7 Å². The Balaban J connectivity index is 0.000000138. The smallest absolute Gasteiger partial charge is 0.164 e. The molecule has 0 spiro atoms. The van der Waals surface area contributed by atoms with Crippen molar-refractivity contribution in [3.63, 3.8) is 0 Å². The molecule has 6 nitrogen and oxygen atoms in total. The Morgan fingerprint density at radius 2 is 0.457 bits per heavy atom. The fourth-order valence-corrected chi connectivity index (χ4v) is 15.7. The van der Waals surface area contributed by atoms with E-state index in [2.05, 4.69) is 194 Å². The van der Waals surface area contributed by atoms with Crippen LogP contribution in [-0.2, 0) is 0 Å². The highest BCUT2D eigenvalue weighted by atomic mass is 32.1. The van der Waals surface area contributed by atoms with Crippen molar-refractivity contribution in [2.24, 2.45) is 0 Å². The summed E-state index contributed by atoms with van der Waals surface area (Å²) in [7, 11) is 0. The molecule has 0 radical (unpaired) electrons. The van der Waals surface area contributed by atoms with Crippen LogP contribution in [0.1, 0.15) is 0 Å². The summed E-state index contributed by atoms with van der Waals surface area (Å²) in [4.78, 5) is 29.5. The van der Waals surface area contributed by atoms with Crippen molar-refractivity contribution in [2.45, 2.75) is 0 Å². The monoisotopic (exact) mass is 1230 g/mol. The van der Waals surface area contributed by atoms with E-state index in [-0.39, 0.29) is 0 Å². The topological polar surface area (TPSA) is 77.3 Å². The van der Waals surface area contributed by atoms with Gasteiger partial charge in [-0.25, -0.2) is 29.9 Å². The van der Waals surface area contributed by atoms with E-state index in [0.717, 1.165) is 33.4 Å². The van der Waals surface area contributed by atoms with E-state index in [0.29, 0.717) is 34.9 Å². The predicted molar refractivity (Wildman–Crippen MR) is 396 cm³/mol. The Labute approximate surface area is 549 Å². The predicted octanol–water partition coefficient (Wildman–Crippen LogP) is 23.6. The van der Waals surface area contributed by atoms with Gasteiger partial charge >= 0.3 is 0 Å². The average Bonchev–Trinajstić information content (AvgIpc) is 1.23. The molecule has 19 aromatic rings. The van der Waals surface area contributed by atoms with Crippen molar-refractivity contribution in [1.82, 2.24) is 29.9 Å². The number of hydrogen-bond acceptors (Lipinski definition) is 8. The van der Waals surface area contributed by atoms with Crippen LogP contribution < -0.4 is 0 Å².